The van der Waals surface area contributed by atoms with Crippen LogP contribution in [0.15, 0.2) is 48.8 Å². The second-order valence-electron chi connectivity index (χ2n) is 7.28. The Balaban J connectivity index is 1.80. The summed E-state index contributed by atoms with van der Waals surface area (Å²) < 4.78 is 16.8. The number of fused-ring (bicyclic) bond motifs is 1. The van der Waals surface area contributed by atoms with Crippen molar-refractivity contribution < 1.29 is 4.39 Å². The lowest BCUT2D eigenvalue weighted by Gasteiger charge is -2.28. The highest BCUT2D eigenvalue weighted by molar-refractivity contribution is 6.31. The van der Waals surface area contributed by atoms with Crippen LogP contribution in [0, 0.1) is 12.7 Å². The summed E-state index contributed by atoms with van der Waals surface area (Å²) in [5.74, 6) is 0.865. The van der Waals surface area contributed by atoms with Crippen LogP contribution in [-0.2, 0) is 0 Å². The molecule has 30 heavy (non-hydrogen) atoms. The number of aryl methyl sites for hydroxylation is 1. The van der Waals surface area contributed by atoms with Crippen molar-refractivity contribution in [1.29, 1.82) is 0 Å². The molecule has 0 amide bonds. The van der Waals surface area contributed by atoms with E-state index in [1.807, 2.05) is 23.6 Å². The topological polar surface area (TPSA) is 58.9 Å². The van der Waals surface area contributed by atoms with Gasteiger partial charge in [0.15, 0.2) is 11.5 Å². The van der Waals surface area contributed by atoms with Gasteiger partial charge in [-0.1, -0.05) is 17.7 Å². The van der Waals surface area contributed by atoms with E-state index < -0.39 is 5.82 Å². The van der Waals surface area contributed by atoms with E-state index in [1.54, 1.807) is 24.5 Å². The van der Waals surface area contributed by atoms with Gasteiger partial charge in [-0.25, -0.2) is 14.4 Å². The molecule has 4 aromatic rings. The van der Waals surface area contributed by atoms with Crippen molar-refractivity contribution >= 4 is 28.6 Å². The number of hydrogen-bond acceptors (Lipinski definition) is 5. The van der Waals surface area contributed by atoms with Gasteiger partial charge in [-0.3, -0.25) is 9.55 Å². The van der Waals surface area contributed by atoms with E-state index in [2.05, 4.69) is 21.3 Å². The lowest BCUT2D eigenvalue weighted by atomic mass is 10.2. The van der Waals surface area contributed by atoms with Crippen molar-refractivity contribution in [2.45, 2.75) is 6.92 Å². The van der Waals surface area contributed by atoms with Gasteiger partial charge in [0.2, 0.25) is 0 Å². The first-order valence-electron chi connectivity index (χ1n) is 9.84. The van der Waals surface area contributed by atoms with Gasteiger partial charge < -0.3 is 10.2 Å². The Kier molecular flexibility index (Phi) is 4.84. The highest BCUT2D eigenvalue weighted by Gasteiger charge is 2.22. The highest BCUT2D eigenvalue weighted by Crippen LogP contribution is 2.33. The third-order valence-corrected chi connectivity index (χ3v) is 5.64. The Hall–Kier alpha value is -3.03. The van der Waals surface area contributed by atoms with Gasteiger partial charge in [0, 0.05) is 38.6 Å². The van der Waals surface area contributed by atoms with Crippen molar-refractivity contribution in [3.63, 3.8) is 0 Å². The Bertz CT molecular complexity index is 1220. The molecular formula is C22H20ClFN6. The molecule has 0 atom stereocenters. The maximum absolute atomic E-state index is 14.9. The number of pyridine rings is 2. The van der Waals surface area contributed by atoms with Gasteiger partial charge in [-0.15, -0.1) is 0 Å². The van der Waals surface area contributed by atoms with Crippen LogP contribution in [0.2, 0.25) is 5.02 Å². The summed E-state index contributed by atoms with van der Waals surface area (Å²) in [6, 6.07) is 10.7. The summed E-state index contributed by atoms with van der Waals surface area (Å²) in [6.45, 7) is 5.62. The van der Waals surface area contributed by atoms with E-state index in [9.17, 15) is 4.39 Å². The fourth-order valence-corrected chi connectivity index (χ4v) is 4.01. The summed E-state index contributed by atoms with van der Waals surface area (Å²) in [7, 11) is 0. The second-order valence-corrected chi connectivity index (χ2v) is 7.69. The van der Waals surface area contributed by atoms with Crippen molar-refractivity contribution in [2.24, 2.45) is 0 Å². The zero-order valence-corrected chi connectivity index (χ0v) is 17.2. The van der Waals surface area contributed by atoms with Gasteiger partial charge >= 0.3 is 0 Å². The summed E-state index contributed by atoms with van der Waals surface area (Å²) in [5.41, 5.74) is 3.56. The molecule has 152 valence electrons. The zero-order valence-electron chi connectivity index (χ0n) is 16.4. The summed E-state index contributed by atoms with van der Waals surface area (Å²) in [5, 5.41) is 3.42. The number of aromatic nitrogens is 4. The van der Waals surface area contributed by atoms with Crippen LogP contribution in [0.25, 0.3) is 28.2 Å². The Labute approximate surface area is 178 Å². The fourth-order valence-electron chi connectivity index (χ4n) is 3.83. The molecule has 0 radical (unpaired) electrons. The van der Waals surface area contributed by atoms with Crippen molar-refractivity contribution in [3.05, 3.63) is 65.2 Å². The van der Waals surface area contributed by atoms with Gasteiger partial charge in [0.1, 0.15) is 17.2 Å². The summed E-state index contributed by atoms with van der Waals surface area (Å²) >= 11 is 6.07. The normalized spacial score (nSPS) is 14.4. The molecule has 1 saturated heterocycles. The maximum atomic E-state index is 14.9. The zero-order chi connectivity index (χ0) is 20.7. The molecule has 1 N–H and O–H groups in total. The molecule has 0 spiro atoms. The first kappa shape index (κ1) is 19.0. The number of piperazine rings is 1. The first-order valence-corrected chi connectivity index (χ1v) is 10.2. The molecule has 1 fully saturated rings. The van der Waals surface area contributed by atoms with Gasteiger partial charge in [-0.2, -0.15) is 0 Å². The molecule has 0 saturated carbocycles. The smallest absolute Gasteiger partial charge is 0.167 e. The molecule has 0 unspecified atom stereocenters. The average molecular weight is 423 g/mol. The van der Waals surface area contributed by atoms with Crippen LogP contribution in [0.1, 0.15) is 5.56 Å². The van der Waals surface area contributed by atoms with Crippen molar-refractivity contribution in [3.8, 4) is 17.1 Å². The minimum absolute atomic E-state index is 0.0621. The second kappa shape index (κ2) is 7.66. The number of imidazole rings is 1. The number of nitrogens with zero attached hydrogens (tertiary/aromatic N) is 5. The molecule has 3 aromatic heterocycles. The molecule has 5 rings (SSSR count). The summed E-state index contributed by atoms with van der Waals surface area (Å²) in [6.07, 6.45) is 3.40. The van der Waals surface area contributed by atoms with Gasteiger partial charge in [0.25, 0.3) is 0 Å². The van der Waals surface area contributed by atoms with Crippen LogP contribution in [-0.4, -0.2) is 45.7 Å². The van der Waals surface area contributed by atoms with Crippen LogP contribution in [0.4, 0.5) is 10.2 Å². The largest absolute Gasteiger partial charge is 0.354 e. The van der Waals surface area contributed by atoms with E-state index in [1.165, 1.54) is 6.07 Å². The van der Waals surface area contributed by atoms with Crippen molar-refractivity contribution in [2.75, 3.05) is 31.1 Å². The van der Waals surface area contributed by atoms with E-state index in [0.717, 1.165) is 48.8 Å². The lowest BCUT2D eigenvalue weighted by Crippen LogP contribution is -2.43. The standard InChI is InChI=1S/C22H20ClFN6/c1-14-13-18(29-11-9-26-10-12-29)27-22-20(14)28-21(16-3-2-4-17(23)19(16)24)30(22)15-5-7-25-8-6-15/h2-8,13,26H,9-12H2,1H3. The van der Waals surface area contributed by atoms with Crippen LogP contribution in [0.3, 0.4) is 0 Å². The summed E-state index contributed by atoms with van der Waals surface area (Å²) in [4.78, 5) is 16.1. The number of halogens is 2. The van der Waals surface area contributed by atoms with Crippen LogP contribution in [0.5, 0.6) is 0 Å². The monoisotopic (exact) mass is 422 g/mol. The van der Waals surface area contributed by atoms with E-state index in [0.29, 0.717) is 17.0 Å². The number of anilines is 1. The minimum atomic E-state index is -0.496. The Morgan fingerprint density at radius 3 is 2.60 bits per heavy atom. The molecule has 0 aliphatic carbocycles. The molecule has 4 heterocycles. The predicted molar refractivity (Wildman–Crippen MR) is 117 cm³/mol. The number of rotatable bonds is 3. The lowest BCUT2D eigenvalue weighted by molar-refractivity contribution is 0.585. The molecule has 1 aliphatic heterocycles. The number of benzene rings is 1. The molecule has 1 aliphatic rings. The first-order chi connectivity index (χ1) is 14.6. The average Bonchev–Trinajstić information content (AvgIpc) is 3.17. The molecule has 0 bridgehead atoms. The number of nitrogens with one attached hydrogen (secondary N) is 1. The highest BCUT2D eigenvalue weighted by atomic mass is 35.5. The SMILES string of the molecule is Cc1cc(N2CCNCC2)nc2c1nc(-c1cccc(Cl)c1F)n2-c1ccncc1. The van der Waals surface area contributed by atoms with E-state index in [-0.39, 0.29) is 5.02 Å². The van der Waals surface area contributed by atoms with Crippen molar-refractivity contribution in [1.82, 2.24) is 24.8 Å². The fraction of sp³-hybridized carbons (Fsp3) is 0.227. The molecular weight excluding hydrogens is 403 g/mol. The minimum Gasteiger partial charge on any atom is -0.354 e. The van der Waals surface area contributed by atoms with Gasteiger partial charge in [0.05, 0.1) is 16.3 Å². The molecule has 8 heteroatoms. The van der Waals surface area contributed by atoms with E-state index >= 15 is 0 Å². The van der Waals surface area contributed by atoms with Crippen LogP contribution < -0.4 is 10.2 Å². The Morgan fingerprint density at radius 2 is 1.83 bits per heavy atom. The third-order valence-electron chi connectivity index (χ3n) is 5.35. The molecule has 6 nitrogen and oxygen atoms in total. The third kappa shape index (κ3) is 3.20. The predicted octanol–water partition coefficient (Wildman–Crippen LogP) is 3.99. The molecule has 1 aromatic carbocycles. The number of hydrogen-bond donors (Lipinski definition) is 1. The maximum Gasteiger partial charge on any atom is 0.167 e. The van der Waals surface area contributed by atoms with E-state index in [4.69, 9.17) is 21.6 Å². The quantitative estimate of drug-likeness (QED) is 0.541. The van der Waals surface area contributed by atoms with Crippen LogP contribution >= 0.6 is 11.6 Å². The Morgan fingerprint density at radius 1 is 1.07 bits per heavy atom. The van der Waals surface area contributed by atoms with Gasteiger partial charge in [-0.05, 0) is 42.8 Å².